The Morgan fingerprint density at radius 3 is 2.65 bits per heavy atom. The highest BCUT2D eigenvalue weighted by Crippen LogP contribution is 2.21. The van der Waals surface area contributed by atoms with Gasteiger partial charge in [-0.05, 0) is 18.6 Å². The van der Waals surface area contributed by atoms with Crippen molar-refractivity contribution >= 4 is 5.91 Å². The predicted octanol–water partition coefficient (Wildman–Crippen LogP) is 1.36. The van der Waals surface area contributed by atoms with Gasteiger partial charge in [-0.25, -0.2) is 4.39 Å². The second-order valence-corrected chi connectivity index (χ2v) is 4.32. The molecule has 0 saturated carbocycles. The molecule has 0 bridgehead atoms. The van der Waals surface area contributed by atoms with Crippen LogP contribution in [0.15, 0.2) is 24.3 Å². The van der Waals surface area contributed by atoms with Crippen LogP contribution in [0, 0.1) is 5.82 Å². The largest absolute Gasteiger partial charge is 0.340 e. The molecule has 2 rings (SSSR count). The van der Waals surface area contributed by atoms with Crippen LogP contribution in [0.5, 0.6) is 0 Å². The summed E-state index contributed by atoms with van der Waals surface area (Å²) in [7, 11) is 0. The molecular weight excluding hydrogens is 219 g/mol. The summed E-state index contributed by atoms with van der Waals surface area (Å²) in [6.45, 7) is 4.81. The fourth-order valence-corrected chi connectivity index (χ4v) is 2.12. The first-order valence-corrected chi connectivity index (χ1v) is 5.94. The molecule has 1 aliphatic rings. The molecule has 0 aliphatic carbocycles. The number of nitrogens with one attached hydrogen (secondary N) is 1. The highest BCUT2D eigenvalue weighted by atomic mass is 19.1. The molecule has 0 aromatic heterocycles. The fraction of sp³-hybridized carbons (Fsp3) is 0.462. The molecule has 0 spiro atoms. The van der Waals surface area contributed by atoms with Crippen LogP contribution < -0.4 is 5.32 Å². The van der Waals surface area contributed by atoms with E-state index in [1.54, 1.807) is 30.0 Å². The lowest BCUT2D eigenvalue weighted by Gasteiger charge is -2.30. The predicted molar refractivity (Wildman–Crippen MR) is 64.3 cm³/mol. The first kappa shape index (κ1) is 12.0. The van der Waals surface area contributed by atoms with Gasteiger partial charge in [0.25, 0.3) is 0 Å². The quantitative estimate of drug-likeness (QED) is 0.841. The van der Waals surface area contributed by atoms with E-state index < -0.39 is 5.92 Å². The van der Waals surface area contributed by atoms with Crippen LogP contribution in [0.1, 0.15) is 18.4 Å². The second-order valence-electron chi connectivity index (χ2n) is 4.32. The molecule has 92 valence electrons. The van der Waals surface area contributed by atoms with E-state index in [0.29, 0.717) is 18.7 Å². The molecule has 1 N–H and O–H groups in total. The topological polar surface area (TPSA) is 32.3 Å². The molecule has 17 heavy (non-hydrogen) atoms. The van der Waals surface area contributed by atoms with Crippen molar-refractivity contribution in [2.75, 3.05) is 26.2 Å². The van der Waals surface area contributed by atoms with E-state index in [2.05, 4.69) is 5.32 Å². The van der Waals surface area contributed by atoms with Crippen LogP contribution in [0.2, 0.25) is 0 Å². The van der Waals surface area contributed by atoms with Crippen molar-refractivity contribution in [1.29, 1.82) is 0 Å². The molecule has 4 heteroatoms. The third kappa shape index (κ3) is 2.64. The molecule has 1 amide bonds. The van der Waals surface area contributed by atoms with Gasteiger partial charge in [-0.15, -0.1) is 0 Å². The first-order valence-electron chi connectivity index (χ1n) is 5.94. The summed E-state index contributed by atoms with van der Waals surface area (Å²) in [6.07, 6.45) is 0. The van der Waals surface area contributed by atoms with Gasteiger partial charge in [-0.1, -0.05) is 18.2 Å². The summed E-state index contributed by atoms with van der Waals surface area (Å²) in [6, 6.07) is 6.48. The van der Waals surface area contributed by atoms with Crippen molar-refractivity contribution < 1.29 is 9.18 Å². The number of nitrogens with zero attached hydrogens (tertiary/aromatic N) is 1. The maximum absolute atomic E-state index is 13.6. The number of piperazine rings is 1. The van der Waals surface area contributed by atoms with E-state index in [-0.39, 0.29) is 11.7 Å². The normalized spacial score (nSPS) is 17.9. The van der Waals surface area contributed by atoms with E-state index in [4.69, 9.17) is 0 Å². The molecule has 1 aliphatic heterocycles. The number of carbonyl (C=O) groups excluding carboxylic acids is 1. The maximum atomic E-state index is 13.6. The monoisotopic (exact) mass is 236 g/mol. The average Bonchev–Trinajstić information content (AvgIpc) is 2.39. The lowest BCUT2D eigenvalue weighted by atomic mass is 9.99. The van der Waals surface area contributed by atoms with Gasteiger partial charge in [0, 0.05) is 26.2 Å². The Balaban J connectivity index is 2.11. The lowest BCUT2D eigenvalue weighted by Crippen LogP contribution is -2.47. The van der Waals surface area contributed by atoms with Crippen LogP contribution in [0.4, 0.5) is 4.39 Å². The molecule has 3 nitrogen and oxygen atoms in total. The second kappa shape index (κ2) is 5.27. The Kier molecular flexibility index (Phi) is 3.74. The summed E-state index contributed by atoms with van der Waals surface area (Å²) in [5.41, 5.74) is 0.482. The Morgan fingerprint density at radius 2 is 2.00 bits per heavy atom. The zero-order valence-corrected chi connectivity index (χ0v) is 9.95. The molecule has 1 saturated heterocycles. The minimum atomic E-state index is -0.408. The van der Waals surface area contributed by atoms with Gasteiger partial charge in [0.05, 0.1) is 5.92 Å². The third-order valence-corrected chi connectivity index (χ3v) is 3.17. The van der Waals surface area contributed by atoms with E-state index in [0.717, 1.165) is 13.1 Å². The summed E-state index contributed by atoms with van der Waals surface area (Å²) < 4.78 is 13.6. The van der Waals surface area contributed by atoms with Gasteiger partial charge in [-0.2, -0.15) is 0 Å². The van der Waals surface area contributed by atoms with Gasteiger partial charge >= 0.3 is 0 Å². The van der Waals surface area contributed by atoms with E-state index >= 15 is 0 Å². The first-order chi connectivity index (χ1) is 8.20. The number of hydrogen-bond acceptors (Lipinski definition) is 2. The zero-order valence-electron chi connectivity index (χ0n) is 9.95. The molecular formula is C13H17FN2O. The Morgan fingerprint density at radius 1 is 1.35 bits per heavy atom. The van der Waals surface area contributed by atoms with Gasteiger partial charge in [0.1, 0.15) is 5.82 Å². The highest BCUT2D eigenvalue weighted by molar-refractivity contribution is 5.83. The van der Waals surface area contributed by atoms with Crippen LogP contribution in [0.25, 0.3) is 0 Å². The Labute approximate surface area is 101 Å². The molecule has 1 fully saturated rings. The number of halogens is 1. The minimum Gasteiger partial charge on any atom is -0.340 e. The summed E-state index contributed by atoms with van der Waals surface area (Å²) >= 11 is 0. The van der Waals surface area contributed by atoms with Crippen LogP contribution in [-0.4, -0.2) is 37.0 Å². The van der Waals surface area contributed by atoms with Crippen molar-refractivity contribution in [3.05, 3.63) is 35.6 Å². The highest BCUT2D eigenvalue weighted by Gasteiger charge is 2.24. The van der Waals surface area contributed by atoms with Crippen molar-refractivity contribution in [2.45, 2.75) is 12.8 Å². The summed E-state index contributed by atoms with van der Waals surface area (Å²) in [5.74, 6) is -0.700. The van der Waals surface area contributed by atoms with Crippen molar-refractivity contribution in [1.82, 2.24) is 10.2 Å². The van der Waals surface area contributed by atoms with Crippen LogP contribution in [-0.2, 0) is 4.79 Å². The van der Waals surface area contributed by atoms with Crippen molar-refractivity contribution in [3.8, 4) is 0 Å². The summed E-state index contributed by atoms with van der Waals surface area (Å²) in [5, 5.41) is 3.19. The average molecular weight is 236 g/mol. The van der Waals surface area contributed by atoms with Crippen LogP contribution >= 0.6 is 0 Å². The molecule has 1 atom stereocenters. The molecule has 1 heterocycles. The third-order valence-electron chi connectivity index (χ3n) is 3.17. The van der Waals surface area contributed by atoms with E-state index in [1.807, 2.05) is 0 Å². The van der Waals surface area contributed by atoms with Crippen LogP contribution in [0.3, 0.4) is 0 Å². The number of carbonyl (C=O) groups is 1. The number of rotatable bonds is 2. The molecule has 1 aromatic rings. The Hall–Kier alpha value is -1.42. The van der Waals surface area contributed by atoms with Gasteiger partial charge in [0.15, 0.2) is 0 Å². The molecule has 0 radical (unpaired) electrons. The Bertz CT molecular complexity index is 402. The standard InChI is InChI=1S/C13H17FN2O/c1-10(11-4-2-3-5-12(11)14)13(17)16-8-6-15-7-9-16/h2-5,10,15H,6-9H2,1H3. The maximum Gasteiger partial charge on any atom is 0.230 e. The van der Waals surface area contributed by atoms with Gasteiger partial charge in [-0.3, -0.25) is 4.79 Å². The van der Waals surface area contributed by atoms with Gasteiger partial charge < -0.3 is 10.2 Å². The van der Waals surface area contributed by atoms with E-state index in [1.165, 1.54) is 6.07 Å². The number of amides is 1. The van der Waals surface area contributed by atoms with E-state index in [9.17, 15) is 9.18 Å². The lowest BCUT2D eigenvalue weighted by molar-refractivity contribution is -0.133. The fourth-order valence-electron chi connectivity index (χ4n) is 2.12. The zero-order chi connectivity index (χ0) is 12.3. The van der Waals surface area contributed by atoms with Crippen molar-refractivity contribution in [3.63, 3.8) is 0 Å². The number of benzene rings is 1. The van der Waals surface area contributed by atoms with Crippen molar-refractivity contribution in [2.24, 2.45) is 0 Å². The minimum absolute atomic E-state index is 0.0107. The SMILES string of the molecule is CC(C(=O)N1CCNCC1)c1ccccc1F. The molecule has 1 aromatic carbocycles. The van der Waals surface area contributed by atoms with Gasteiger partial charge in [0.2, 0.25) is 5.91 Å². The molecule has 1 unspecified atom stereocenters. The number of hydrogen-bond donors (Lipinski definition) is 1. The summed E-state index contributed by atoms with van der Waals surface area (Å²) in [4.78, 5) is 14.0. The smallest absolute Gasteiger partial charge is 0.230 e.